The fraction of sp³-hybridized carbons (Fsp3) is 0.417. The molecule has 4 rings (SSSR count). The third kappa shape index (κ3) is 4.05. The molecule has 2 aliphatic rings. The average molecular weight is 408 g/mol. The number of benzene rings is 2. The van der Waals surface area contributed by atoms with Gasteiger partial charge in [-0.2, -0.15) is 0 Å². The molecule has 0 bridgehead atoms. The van der Waals surface area contributed by atoms with E-state index in [2.05, 4.69) is 24.3 Å². The molecule has 2 aromatic carbocycles. The number of piperidine rings is 1. The molecular weight excluding hydrogens is 380 g/mol. The van der Waals surface area contributed by atoms with Gasteiger partial charge in [0.2, 0.25) is 0 Å². The third-order valence-electron chi connectivity index (χ3n) is 6.30. The fourth-order valence-electron chi connectivity index (χ4n) is 4.64. The van der Waals surface area contributed by atoms with Crippen molar-refractivity contribution >= 4 is 12.1 Å². The minimum Gasteiger partial charge on any atom is -0.468 e. The summed E-state index contributed by atoms with van der Waals surface area (Å²) in [4.78, 5) is 25.9. The first-order valence-electron chi connectivity index (χ1n) is 10.5. The molecule has 6 nitrogen and oxygen atoms in total. The average Bonchev–Trinajstić information content (AvgIpc) is 3.11. The second-order valence-electron chi connectivity index (χ2n) is 8.10. The summed E-state index contributed by atoms with van der Waals surface area (Å²) in [6.07, 6.45) is 1.95. The van der Waals surface area contributed by atoms with E-state index in [-0.39, 0.29) is 18.0 Å². The maximum atomic E-state index is 12.7. The van der Waals surface area contributed by atoms with Crippen molar-refractivity contribution in [1.29, 1.82) is 0 Å². The highest BCUT2D eigenvalue weighted by molar-refractivity contribution is 5.79. The molecule has 0 spiro atoms. The van der Waals surface area contributed by atoms with Crippen molar-refractivity contribution in [3.8, 4) is 11.1 Å². The molecular formula is C24H28N2O4. The Morgan fingerprint density at radius 2 is 1.60 bits per heavy atom. The van der Waals surface area contributed by atoms with Gasteiger partial charge >= 0.3 is 12.1 Å². The summed E-state index contributed by atoms with van der Waals surface area (Å²) in [5.74, 6) is 0.00245. The van der Waals surface area contributed by atoms with Crippen LogP contribution in [0.5, 0.6) is 0 Å². The first-order valence-corrected chi connectivity index (χ1v) is 10.5. The summed E-state index contributed by atoms with van der Waals surface area (Å²) in [5.41, 5.74) is 10.7. The first kappa shape index (κ1) is 20.4. The van der Waals surface area contributed by atoms with Gasteiger partial charge in [0.1, 0.15) is 12.6 Å². The van der Waals surface area contributed by atoms with Crippen LogP contribution in [0.4, 0.5) is 4.79 Å². The van der Waals surface area contributed by atoms with Gasteiger partial charge in [0.25, 0.3) is 0 Å². The maximum Gasteiger partial charge on any atom is 0.409 e. The summed E-state index contributed by atoms with van der Waals surface area (Å²) in [6.45, 7) is 1.57. The lowest BCUT2D eigenvalue weighted by molar-refractivity contribution is -0.142. The molecule has 1 unspecified atom stereocenters. The van der Waals surface area contributed by atoms with E-state index >= 15 is 0 Å². The minimum atomic E-state index is -0.596. The van der Waals surface area contributed by atoms with Crippen LogP contribution < -0.4 is 5.73 Å². The Kier molecular flexibility index (Phi) is 6.04. The molecule has 0 saturated carbocycles. The van der Waals surface area contributed by atoms with Gasteiger partial charge in [0.05, 0.1) is 7.11 Å². The van der Waals surface area contributed by atoms with Crippen molar-refractivity contribution in [2.24, 2.45) is 11.7 Å². The van der Waals surface area contributed by atoms with Gasteiger partial charge in [-0.1, -0.05) is 48.5 Å². The Morgan fingerprint density at radius 1 is 1.03 bits per heavy atom. The van der Waals surface area contributed by atoms with Crippen molar-refractivity contribution in [1.82, 2.24) is 4.90 Å². The van der Waals surface area contributed by atoms with Crippen LogP contribution in [0.1, 0.15) is 36.3 Å². The number of likely N-dealkylation sites (tertiary alicyclic amines) is 1. The predicted molar refractivity (Wildman–Crippen MR) is 114 cm³/mol. The SMILES string of the molecule is COC(=O)C(N)CC1CCN(C(=O)OCC2c3ccccc3-c3ccccc32)CC1. The van der Waals surface area contributed by atoms with E-state index in [1.54, 1.807) is 4.90 Å². The molecule has 1 saturated heterocycles. The number of ether oxygens (including phenoxy) is 2. The van der Waals surface area contributed by atoms with E-state index in [0.717, 1.165) is 12.8 Å². The molecule has 0 radical (unpaired) electrons. The number of carbonyl (C=O) groups excluding carboxylic acids is 2. The molecule has 1 atom stereocenters. The van der Waals surface area contributed by atoms with Crippen LogP contribution in [-0.2, 0) is 14.3 Å². The molecule has 1 amide bonds. The molecule has 1 heterocycles. The van der Waals surface area contributed by atoms with E-state index in [0.29, 0.717) is 32.0 Å². The fourth-order valence-corrected chi connectivity index (χ4v) is 4.64. The number of carbonyl (C=O) groups is 2. The molecule has 6 heteroatoms. The number of nitrogens with two attached hydrogens (primary N) is 1. The van der Waals surface area contributed by atoms with Gasteiger partial charge in [-0.05, 0) is 47.4 Å². The Balaban J connectivity index is 1.32. The molecule has 0 aromatic heterocycles. The van der Waals surface area contributed by atoms with Crippen LogP contribution in [0, 0.1) is 5.92 Å². The zero-order valence-electron chi connectivity index (χ0n) is 17.3. The molecule has 1 aliphatic carbocycles. The highest BCUT2D eigenvalue weighted by Crippen LogP contribution is 2.44. The van der Waals surface area contributed by atoms with Gasteiger partial charge < -0.3 is 20.1 Å². The Bertz CT molecular complexity index is 875. The second-order valence-corrected chi connectivity index (χ2v) is 8.10. The maximum absolute atomic E-state index is 12.7. The van der Waals surface area contributed by atoms with Crippen LogP contribution >= 0.6 is 0 Å². The largest absolute Gasteiger partial charge is 0.468 e. The molecule has 2 aromatic rings. The number of esters is 1. The molecule has 2 N–H and O–H groups in total. The summed E-state index contributed by atoms with van der Waals surface area (Å²) < 4.78 is 10.4. The zero-order chi connectivity index (χ0) is 21.1. The second kappa shape index (κ2) is 8.88. The quantitative estimate of drug-likeness (QED) is 0.766. The summed E-state index contributed by atoms with van der Waals surface area (Å²) in [7, 11) is 1.35. The molecule has 30 heavy (non-hydrogen) atoms. The standard InChI is InChI=1S/C24H28N2O4/c1-29-23(27)22(25)14-16-10-12-26(13-11-16)24(28)30-15-21-19-8-4-2-6-17(19)18-7-3-5-9-20(18)21/h2-9,16,21-22H,10-15,25H2,1H3. The molecule has 1 aliphatic heterocycles. The summed E-state index contributed by atoms with van der Waals surface area (Å²) in [6, 6.07) is 16.0. The first-order chi connectivity index (χ1) is 14.6. The third-order valence-corrected chi connectivity index (χ3v) is 6.30. The van der Waals surface area contributed by atoms with Crippen molar-refractivity contribution in [3.63, 3.8) is 0 Å². The Morgan fingerprint density at radius 3 is 2.17 bits per heavy atom. The van der Waals surface area contributed by atoms with Gasteiger partial charge in [-0.3, -0.25) is 4.79 Å². The van der Waals surface area contributed by atoms with E-state index in [9.17, 15) is 9.59 Å². The van der Waals surface area contributed by atoms with Crippen LogP contribution in [-0.4, -0.2) is 49.8 Å². The van der Waals surface area contributed by atoms with Gasteiger partial charge in [-0.25, -0.2) is 4.79 Å². The Labute approximate surface area is 177 Å². The predicted octanol–water partition coefficient (Wildman–Crippen LogP) is 3.54. The number of amides is 1. The normalized spacial score (nSPS) is 17.2. The van der Waals surface area contributed by atoms with Crippen molar-refractivity contribution < 1.29 is 19.1 Å². The van der Waals surface area contributed by atoms with Crippen molar-refractivity contribution in [2.75, 3.05) is 26.8 Å². The van der Waals surface area contributed by atoms with E-state index in [4.69, 9.17) is 15.2 Å². The highest BCUT2D eigenvalue weighted by Gasteiger charge is 2.31. The number of hydrogen-bond donors (Lipinski definition) is 1. The number of nitrogens with zero attached hydrogens (tertiary/aromatic N) is 1. The number of methoxy groups -OCH3 is 1. The minimum absolute atomic E-state index is 0.0666. The summed E-state index contributed by atoms with van der Waals surface area (Å²) in [5, 5.41) is 0. The molecule has 158 valence electrons. The van der Waals surface area contributed by atoms with Crippen LogP contribution in [0.2, 0.25) is 0 Å². The Hall–Kier alpha value is -2.86. The lowest BCUT2D eigenvalue weighted by Gasteiger charge is -2.32. The number of rotatable bonds is 5. The smallest absolute Gasteiger partial charge is 0.409 e. The van der Waals surface area contributed by atoms with E-state index in [1.165, 1.54) is 29.4 Å². The van der Waals surface area contributed by atoms with Crippen molar-refractivity contribution in [2.45, 2.75) is 31.2 Å². The lowest BCUT2D eigenvalue weighted by Crippen LogP contribution is -2.41. The van der Waals surface area contributed by atoms with Crippen LogP contribution in [0.15, 0.2) is 48.5 Å². The topological polar surface area (TPSA) is 81.9 Å². The highest BCUT2D eigenvalue weighted by atomic mass is 16.6. The number of fused-ring (bicyclic) bond motifs is 3. The number of hydrogen-bond acceptors (Lipinski definition) is 5. The summed E-state index contributed by atoms with van der Waals surface area (Å²) >= 11 is 0. The lowest BCUT2D eigenvalue weighted by atomic mass is 9.90. The van der Waals surface area contributed by atoms with Gasteiger partial charge in [0, 0.05) is 19.0 Å². The van der Waals surface area contributed by atoms with Crippen LogP contribution in [0.3, 0.4) is 0 Å². The monoisotopic (exact) mass is 408 g/mol. The zero-order valence-corrected chi connectivity index (χ0v) is 17.3. The van der Waals surface area contributed by atoms with Gasteiger partial charge in [-0.15, -0.1) is 0 Å². The van der Waals surface area contributed by atoms with Crippen molar-refractivity contribution in [3.05, 3.63) is 59.7 Å². The van der Waals surface area contributed by atoms with Gasteiger partial charge in [0.15, 0.2) is 0 Å². The van der Waals surface area contributed by atoms with E-state index < -0.39 is 6.04 Å². The van der Waals surface area contributed by atoms with Crippen LogP contribution in [0.25, 0.3) is 11.1 Å². The molecule has 1 fully saturated rings. The van der Waals surface area contributed by atoms with E-state index in [1.807, 2.05) is 24.3 Å².